The standard InChI is InChI=1S/C19H19N5O4S/c1-27-13-4-2-12(3-5-13)10-14-17(20)24-19(21-18(14)26)29-15(22-24)11-16(25)23-6-8-28-9-7-23/h2-5,10-11,20,22H,6-9H2,1H3/b14-10+,15-11+,20-17?. The molecule has 1 amide bonds. The first-order chi connectivity index (χ1) is 14.0. The van der Waals surface area contributed by atoms with Crippen LogP contribution in [0.3, 0.4) is 0 Å². The van der Waals surface area contributed by atoms with E-state index < -0.39 is 5.56 Å². The van der Waals surface area contributed by atoms with Crippen molar-refractivity contribution in [2.24, 2.45) is 0 Å². The van der Waals surface area contributed by atoms with E-state index in [1.807, 2.05) is 0 Å². The lowest BCUT2D eigenvalue weighted by atomic mass is 10.2. The number of hydrogen-bond acceptors (Lipinski definition) is 7. The summed E-state index contributed by atoms with van der Waals surface area (Å²) in [6.45, 7) is 2.13. The second-order valence-corrected chi connectivity index (χ2v) is 7.38. The van der Waals surface area contributed by atoms with Crippen LogP contribution in [0.5, 0.6) is 5.75 Å². The molecular formula is C19H19N5O4S. The molecule has 3 aliphatic rings. The zero-order valence-corrected chi connectivity index (χ0v) is 16.5. The lowest BCUT2D eigenvalue weighted by Gasteiger charge is -2.25. The normalized spacial score (nSPS) is 15.8. The van der Waals surface area contributed by atoms with Gasteiger partial charge in [-0.2, -0.15) is 4.98 Å². The van der Waals surface area contributed by atoms with Crippen LogP contribution in [0.25, 0.3) is 17.3 Å². The lowest BCUT2D eigenvalue weighted by molar-refractivity contribution is -0.128. The minimum Gasteiger partial charge on any atom is -0.497 e. The average molecular weight is 413 g/mol. The third-order valence-electron chi connectivity index (χ3n) is 4.52. The van der Waals surface area contributed by atoms with Gasteiger partial charge in [0.1, 0.15) is 10.4 Å². The number of carbonyl (C=O) groups is 1. The zero-order chi connectivity index (χ0) is 20.4. The summed E-state index contributed by atoms with van der Waals surface area (Å²) in [5.74, 6) is 0.561. The van der Waals surface area contributed by atoms with E-state index in [1.54, 1.807) is 42.4 Å². The average Bonchev–Trinajstić information content (AvgIpc) is 3.14. The van der Waals surface area contributed by atoms with Crippen molar-refractivity contribution in [2.45, 2.75) is 0 Å². The molecule has 1 aromatic carbocycles. The molecule has 0 saturated carbocycles. The summed E-state index contributed by atoms with van der Waals surface area (Å²) in [7, 11) is 1.58. The zero-order valence-electron chi connectivity index (χ0n) is 15.7. The number of aromatic nitrogens is 3. The highest BCUT2D eigenvalue weighted by Crippen LogP contribution is 2.11. The molecule has 10 heteroatoms. The van der Waals surface area contributed by atoms with E-state index in [0.717, 1.165) is 16.9 Å². The summed E-state index contributed by atoms with van der Waals surface area (Å²) in [6, 6.07) is 7.15. The number of rotatable bonds is 3. The van der Waals surface area contributed by atoms with Gasteiger partial charge in [-0.25, -0.2) is 4.68 Å². The fourth-order valence-corrected chi connectivity index (χ4v) is 3.81. The van der Waals surface area contributed by atoms with E-state index in [2.05, 4.69) is 10.1 Å². The molecule has 0 aliphatic carbocycles. The Labute approximate surface area is 169 Å². The molecule has 1 aromatic rings. The third-order valence-corrected chi connectivity index (χ3v) is 5.41. The van der Waals surface area contributed by atoms with Crippen molar-refractivity contribution in [3.8, 4) is 10.9 Å². The van der Waals surface area contributed by atoms with Crippen molar-refractivity contribution >= 4 is 29.4 Å². The van der Waals surface area contributed by atoms with Gasteiger partial charge in [-0.3, -0.25) is 20.1 Å². The number of hydrogen-bond donors (Lipinski definition) is 2. The number of carbonyl (C=O) groups excluding carboxylic acids is 1. The number of aromatic amines is 1. The van der Waals surface area contributed by atoms with E-state index in [1.165, 1.54) is 10.8 Å². The number of fused-ring (bicyclic) bond motifs is 1. The Kier molecular flexibility index (Phi) is 5.28. The summed E-state index contributed by atoms with van der Waals surface area (Å²) in [6.07, 6.45) is 3.07. The van der Waals surface area contributed by atoms with Crippen LogP contribution in [0, 0.1) is 5.41 Å². The topological polar surface area (TPSA) is 113 Å². The lowest BCUT2D eigenvalue weighted by Crippen LogP contribution is -2.47. The number of H-pyrrole nitrogens is 1. The van der Waals surface area contributed by atoms with E-state index >= 15 is 0 Å². The van der Waals surface area contributed by atoms with Gasteiger partial charge < -0.3 is 14.4 Å². The van der Waals surface area contributed by atoms with E-state index in [4.69, 9.17) is 14.9 Å². The van der Waals surface area contributed by atoms with E-state index in [-0.39, 0.29) is 16.6 Å². The summed E-state index contributed by atoms with van der Waals surface area (Å²) in [5, 5.41) is 11.9. The molecule has 0 unspecified atom stereocenters. The van der Waals surface area contributed by atoms with Crippen LogP contribution in [-0.2, 0) is 9.53 Å². The maximum absolute atomic E-state index is 12.5. The molecule has 0 radical (unpaired) electrons. The van der Waals surface area contributed by atoms with E-state index in [9.17, 15) is 9.59 Å². The summed E-state index contributed by atoms with van der Waals surface area (Å²) >= 11 is 1.15. The molecule has 3 heterocycles. The Morgan fingerprint density at radius 3 is 2.72 bits per heavy atom. The molecule has 1 saturated heterocycles. The first-order valence-electron chi connectivity index (χ1n) is 8.96. The van der Waals surface area contributed by atoms with Gasteiger partial charge in [-0.15, -0.1) is 0 Å². The van der Waals surface area contributed by atoms with Crippen molar-refractivity contribution < 1.29 is 14.3 Å². The van der Waals surface area contributed by atoms with Gasteiger partial charge in [-0.05, 0) is 23.8 Å². The van der Waals surface area contributed by atoms with Gasteiger partial charge >= 0.3 is 0 Å². The molecule has 29 heavy (non-hydrogen) atoms. The van der Waals surface area contributed by atoms with Crippen molar-refractivity contribution in [3.05, 3.63) is 55.6 Å². The molecular weight excluding hydrogens is 394 g/mol. The van der Waals surface area contributed by atoms with Crippen molar-refractivity contribution in [2.75, 3.05) is 33.4 Å². The molecule has 3 aliphatic heterocycles. The van der Waals surface area contributed by atoms with E-state index in [0.29, 0.717) is 41.8 Å². The molecule has 4 rings (SSSR count). The molecule has 1 fully saturated rings. The highest BCUT2D eigenvalue weighted by Gasteiger charge is 2.16. The number of nitrogens with one attached hydrogen (secondary N) is 2. The number of ether oxygens (including phenoxy) is 2. The SMILES string of the molecule is COc1ccc(/C=c2/c(=O)nc3s/c(=C/C(=O)N4CCOCC4)[nH]n-3c2=N)cc1. The summed E-state index contributed by atoms with van der Waals surface area (Å²) < 4.78 is 12.3. The smallest absolute Gasteiger partial charge is 0.283 e. The monoisotopic (exact) mass is 413 g/mol. The maximum atomic E-state index is 12.5. The highest BCUT2D eigenvalue weighted by molar-refractivity contribution is 7.11. The minimum atomic E-state index is -0.493. The minimum absolute atomic E-state index is 0.0226. The van der Waals surface area contributed by atoms with Gasteiger partial charge in [0.2, 0.25) is 11.0 Å². The Hall–Kier alpha value is -3.24. The van der Waals surface area contributed by atoms with Crippen LogP contribution in [0.1, 0.15) is 5.56 Å². The Morgan fingerprint density at radius 2 is 2.03 bits per heavy atom. The summed E-state index contributed by atoms with van der Waals surface area (Å²) in [5.41, 5.74) is 0.236. The molecule has 9 nitrogen and oxygen atoms in total. The van der Waals surface area contributed by atoms with Crippen LogP contribution in [0.4, 0.5) is 0 Å². The second-order valence-electron chi connectivity index (χ2n) is 6.37. The molecule has 2 N–H and O–H groups in total. The van der Waals surface area contributed by atoms with Gasteiger partial charge in [0.15, 0.2) is 5.49 Å². The van der Waals surface area contributed by atoms with Crippen LogP contribution >= 0.6 is 11.3 Å². The fourth-order valence-electron chi connectivity index (χ4n) is 2.96. The van der Waals surface area contributed by atoms with Crippen molar-refractivity contribution in [3.63, 3.8) is 0 Å². The Morgan fingerprint density at radius 1 is 1.31 bits per heavy atom. The molecule has 150 valence electrons. The van der Waals surface area contributed by atoms with Gasteiger partial charge in [0.05, 0.1) is 25.5 Å². The number of methoxy groups -OCH3 is 1. The van der Waals surface area contributed by atoms with Gasteiger partial charge in [0.25, 0.3) is 5.56 Å². The Balaban J connectivity index is 1.75. The predicted molar refractivity (Wildman–Crippen MR) is 107 cm³/mol. The fraction of sp³-hybridized carbons (Fsp3) is 0.263. The molecule has 0 spiro atoms. The van der Waals surface area contributed by atoms with Gasteiger partial charge in [0, 0.05) is 19.2 Å². The number of nitrogens with zero attached hydrogens (tertiary/aromatic N) is 3. The maximum Gasteiger partial charge on any atom is 0.283 e. The van der Waals surface area contributed by atoms with Crippen LogP contribution in [-0.4, -0.2) is 59.0 Å². The summed E-state index contributed by atoms with van der Waals surface area (Å²) in [4.78, 5) is 30.6. The first-order valence-corrected chi connectivity index (χ1v) is 9.77. The molecule has 0 aromatic heterocycles. The number of amides is 1. The van der Waals surface area contributed by atoms with Crippen LogP contribution in [0.2, 0.25) is 0 Å². The number of benzene rings is 1. The number of morpholine rings is 1. The first kappa shape index (κ1) is 19.1. The predicted octanol–water partition coefficient (Wildman–Crippen LogP) is -0.984. The second kappa shape index (κ2) is 8.02. The van der Waals surface area contributed by atoms with Crippen LogP contribution < -0.4 is 25.7 Å². The largest absolute Gasteiger partial charge is 0.497 e. The van der Waals surface area contributed by atoms with Crippen LogP contribution in [0.15, 0.2) is 29.1 Å². The third kappa shape index (κ3) is 3.98. The van der Waals surface area contributed by atoms with Crippen molar-refractivity contribution in [1.29, 1.82) is 5.41 Å². The molecule has 0 bridgehead atoms. The van der Waals surface area contributed by atoms with Crippen molar-refractivity contribution in [1.82, 2.24) is 19.7 Å². The highest BCUT2D eigenvalue weighted by atomic mass is 32.1. The van der Waals surface area contributed by atoms with Gasteiger partial charge in [-0.1, -0.05) is 23.5 Å². The Bertz CT molecular complexity index is 1240. The molecule has 0 atom stereocenters. The quantitative estimate of drug-likeness (QED) is 0.573.